The lowest BCUT2D eigenvalue weighted by molar-refractivity contribution is -0.139. The molecule has 0 radical (unpaired) electrons. The van der Waals surface area contributed by atoms with Crippen LogP contribution in [0.2, 0.25) is 0 Å². The number of benzene rings is 2. The van der Waals surface area contributed by atoms with Gasteiger partial charge in [0.1, 0.15) is 11.8 Å². The smallest absolute Gasteiger partial charge is 0.338 e. The Hall–Kier alpha value is -4.11. The van der Waals surface area contributed by atoms with E-state index in [9.17, 15) is 9.59 Å². The molecule has 41 heavy (non-hydrogen) atoms. The maximum Gasteiger partial charge on any atom is 0.338 e. The summed E-state index contributed by atoms with van der Waals surface area (Å²) in [7, 11) is 1.60. The molecule has 0 saturated heterocycles. The molecule has 1 atom stereocenters. The minimum Gasteiger partial charge on any atom is -0.493 e. The molecule has 2 heterocycles. The van der Waals surface area contributed by atoms with Crippen molar-refractivity contribution in [1.82, 2.24) is 4.57 Å². The number of thiazole rings is 1. The highest BCUT2D eigenvalue weighted by Crippen LogP contribution is 2.37. The topological polar surface area (TPSA) is 88.4 Å². The molecule has 0 fully saturated rings. The molecule has 0 spiro atoms. The van der Waals surface area contributed by atoms with Gasteiger partial charge in [0, 0.05) is 11.1 Å². The molecule has 0 aliphatic carbocycles. The van der Waals surface area contributed by atoms with Crippen molar-refractivity contribution in [2.45, 2.75) is 53.2 Å². The molecule has 3 aromatic rings. The van der Waals surface area contributed by atoms with Crippen LogP contribution in [0.4, 0.5) is 0 Å². The first-order valence-corrected chi connectivity index (χ1v) is 14.4. The highest BCUT2D eigenvalue weighted by Gasteiger charge is 2.35. The predicted octanol–water partition coefficient (Wildman–Crippen LogP) is 4.72. The fourth-order valence-electron chi connectivity index (χ4n) is 4.87. The van der Waals surface area contributed by atoms with Crippen LogP contribution in [0.3, 0.4) is 0 Å². The van der Waals surface area contributed by atoms with Crippen LogP contribution >= 0.6 is 11.3 Å². The van der Waals surface area contributed by atoms with Crippen LogP contribution in [0.1, 0.15) is 57.4 Å². The van der Waals surface area contributed by atoms with Crippen molar-refractivity contribution in [2.75, 3.05) is 20.3 Å². The number of aromatic nitrogens is 1. The number of fused-ring (bicyclic) bond motifs is 1. The number of ether oxygens (including phenoxy) is 4. The zero-order valence-electron chi connectivity index (χ0n) is 24.4. The van der Waals surface area contributed by atoms with Gasteiger partial charge in [0.15, 0.2) is 16.3 Å². The number of hydrogen-bond donors (Lipinski definition) is 0. The van der Waals surface area contributed by atoms with Crippen LogP contribution < -0.4 is 29.1 Å². The number of allylic oxidation sites excluding steroid dienone is 2. The number of carbonyl (C=O) groups excluding carboxylic acids is 1. The SMILES string of the molecule is C=CCc1cc(/C=c2/sc3n(c2=O)[C@@H](c2ccccc2OC(C)C)C(C(=O)OCC)=C(C)N=3)cc(OCC)c1OC. The third-order valence-corrected chi connectivity index (χ3v) is 7.40. The van der Waals surface area contributed by atoms with E-state index in [-0.39, 0.29) is 18.3 Å². The van der Waals surface area contributed by atoms with Gasteiger partial charge in [-0.2, -0.15) is 0 Å². The highest BCUT2D eigenvalue weighted by molar-refractivity contribution is 7.07. The zero-order chi connectivity index (χ0) is 29.7. The zero-order valence-corrected chi connectivity index (χ0v) is 25.2. The minimum atomic E-state index is -0.770. The van der Waals surface area contributed by atoms with Crippen molar-refractivity contribution in [3.63, 3.8) is 0 Å². The van der Waals surface area contributed by atoms with Crippen molar-refractivity contribution < 1.29 is 23.7 Å². The van der Waals surface area contributed by atoms with Gasteiger partial charge in [-0.1, -0.05) is 35.6 Å². The standard InChI is InChI=1S/C32H36N2O6S/c1-8-13-22-16-21(17-25(38-9-2)29(22)37-7)18-26-30(35)34-28(23-14-11-12-15-24(23)40-19(4)5)27(31(36)39-10-3)20(6)33-32(34)41-26/h8,11-12,14-19,28H,1,9-10,13H2,2-7H3/b26-18+/t28-/m0/s1. The van der Waals surface area contributed by atoms with Crippen LogP contribution in [0, 0.1) is 0 Å². The van der Waals surface area contributed by atoms with E-state index >= 15 is 0 Å². The van der Waals surface area contributed by atoms with Gasteiger partial charge < -0.3 is 18.9 Å². The van der Waals surface area contributed by atoms with Gasteiger partial charge in [-0.15, -0.1) is 6.58 Å². The predicted molar refractivity (Wildman–Crippen MR) is 161 cm³/mol. The molecule has 0 saturated carbocycles. The Morgan fingerprint density at radius 3 is 2.59 bits per heavy atom. The second-order valence-electron chi connectivity index (χ2n) is 9.64. The summed E-state index contributed by atoms with van der Waals surface area (Å²) in [6.45, 7) is 13.8. The summed E-state index contributed by atoms with van der Waals surface area (Å²) in [5, 5.41) is 0. The Balaban J connectivity index is 1.98. The van der Waals surface area contributed by atoms with Crippen molar-refractivity contribution in [2.24, 2.45) is 4.99 Å². The fourth-order valence-corrected chi connectivity index (χ4v) is 5.92. The molecular formula is C32H36N2O6S. The number of methoxy groups -OCH3 is 1. The lowest BCUT2D eigenvalue weighted by Gasteiger charge is -2.26. The van der Waals surface area contributed by atoms with Crippen LogP contribution in [-0.2, 0) is 16.0 Å². The summed E-state index contributed by atoms with van der Waals surface area (Å²) in [6, 6.07) is 10.5. The minimum absolute atomic E-state index is 0.109. The summed E-state index contributed by atoms with van der Waals surface area (Å²) < 4.78 is 25.0. The number of carbonyl (C=O) groups is 1. The molecule has 0 amide bonds. The molecule has 0 bridgehead atoms. The normalized spacial score (nSPS) is 14.9. The van der Waals surface area contributed by atoms with E-state index < -0.39 is 12.0 Å². The number of para-hydroxylation sites is 1. The average molecular weight is 577 g/mol. The van der Waals surface area contributed by atoms with Gasteiger partial charge in [0.2, 0.25) is 0 Å². The van der Waals surface area contributed by atoms with Crippen LogP contribution in [0.25, 0.3) is 6.08 Å². The van der Waals surface area contributed by atoms with Gasteiger partial charge >= 0.3 is 5.97 Å². The van der Waals surface area contributed by atoms with Gasteiger partial charge in [-0.25, -0.2) is 9.79 Å². The van der Waals surface area contributed by atoms with E-state index in [2.05, 4.69) is 11.6 Å². The number of nitrogens with zero attached hydrogens (tertiary/aromatic N) is 2. The van der Waals surface area contributed by atoms with E-state index in [1.165, 1.54) is 11.3 Å². The maximum atomic E-state index is 14.1. The van der Waals surface area contributed by atoms with E-state index in [0.717, 1.165) is 11.1 Å². The Labute approximate surface area is 243 Å². The van der Waals surface area contributed by atoms with Crippen LogP contribution in [0.15, 0.2) is 70.1 Å². The lowest BCUT2D eigenvalue weighted by atomic mass is 9.95. The Morgan fingerprint density at radius 1 is 1.17 bits per heavy atom. The largest absolute Gasteiger partial charge is 0.493 e. The summed E-state index contributed by atoms with van der Waals surface area (Å²) in [5.41, 5.74) is 2.89. The van der Waals surface area contributed by atoms with Crippen molar-refractivity contribution in [3.8, 4) is 17.2 Å². The fraction of sp³-hybridized carbons (Fsp3) is 0.344. The Morgan fingerprint density at radius 2 is 1.93 bits per heavy atom. The highest BCUT2D eigenvalue weighted by atomic mass is 32.1. The molecule has 9 heteroatoms. The van der Waals surface area contributed by atoms with Crippen LogP contribution in [0.5, 0.6) is 17.2 Å². The average Bonchev–Trinajstić information content (AvgIpc) is 3.22. The molecule has 0 N–H and O–H groups in total. The van der Waals surface area contributed by atoms with Crippen molar-refractivity contribution >= 4 is 23.4 Å². The van der Waals surface area contributed by atoms with Gasteiger partial charge in [0.25, 0.3) is 5.56 Å². The summed E-state index contributed by atoms with van der Waals surface area (Å²) in [5.74, 6) is 1.30. The second-order valence-corrected chi connectivity index (χ2v) is 10.7. The molecule has 1 aliphatic rings. The number of esters is 1. The van der Waals surface area contributed by atoms with E-state index in [1.807, 2.05) is 63.2 Å². The monoisotopic (exact) mass is 576 g/mol. The molecule has 0 unspecified atom stereocenters. The first-order valence-electron chi connectivity index (χ1n) is 13.6. The van der Waals surface area contributed by atoms with Crippen molar-refractivity contribution in [3.05, 3.63) is 96.7 Å². The number of hydrogen-bond acceptors (Lipinski definition) is 8. The Kier molecular flexibility index (Phi) is 9.50. The summed E-state index contributed by atoms with van der Waals surface area (Å²) >= 11 is 1.26. The second kappa shape index (κ2) is 13.0. The molecule has 1 aromatic heterocycles. The molecule has 2 aromatic carbocycles. The molecule has 4 rings (SSSR count). The molecular weight excluding hydrogens is 540 g/mol. The lowest BCUT2D eigenvalue weighted by Crippen LogP contribution is -2.40. The first-order chi connectivity index (χ1) is 19.7. The first kappa shape index (κ1) is 29.9. The maximum absolute atomic E-state index is 14.1. The van der Waals surface area contributed by atoms with Crippen LogP contribution in [-0.4, -0.2) is 37.0 Å². The summed E-state index contributed by atoms with van der Waals surface area (Å²) in [4.78, 5) is 32.5. The van der Waals surface area contributed by atoms with E-state index in [0.29, 0.717) is 56.4 Å². The van der Waals surface area contributed by atoms with Gasteiger partial charge in [0.05, 0.1) is 42.2 Å². The molecule has 8 nitrogen and oxygen atoms in total. The van der Waals surface area contributed by atoms with Crippen molar-refractivity contribution in [1.29, 1.82) is 0 Å². The van der Waals surface area contributed by atoms with Gasteiger partial charge in [-0.3, -0.25) is 9.36 Å². The third-order valence-electron chi connectivity index (χ3n) is 6.41. The van der Waals surface area contributed by atoms with E-state index in [1.54, 1.807) is 31.6 Å². The quantitative estimate of drug-likeness (QED) is 0.243. The third kappa shape index (κ3) is 6.15. The summed E-state index contributed by atoms with van der Waals surface area (Å²) in [6.07, 6.45) is 4.07. The van der Waals surface area contributed by atoms with Gasteiger partial charge in [-0.05, 0) is 70.9 Å². The van der Waals surface area contributed by atoms with E-state index in [4.69, 9.17) is 18.9 Å². The number of rotatable bonds is 11. The Bertz CT molecular complexity index is 1660. The molecule has 216 valence electrons. The molecule has 1 aliphatic heterocycles.